The van der Waals surface area contributed by atoms with Crippen molar-refractivity contribution < 1.29 is 9.90 Å². The maximum absolute atomic E-state index is 10.5. The van der Waals surface area contributed by atoms with E-state index in [-0.39, 0.29) is 6.42 Å². The highest BCUT2D eigenvalue weighted by Crippen LogP contribution is 2.07. The Morgan fingerprint density at radius 2 is 2.29 bits per heavy atom. The molecular weight excluding hydrogens is 220 g/mol. The standard InChI is InChI=1S/C11H20N4O2/c1-9(2)15(6-4-5-11(16)17)7-10-13-12-8-14(10)3/h8-9H,4-7H2,1-3H3,(H,16,17). The highest BCUT2D eigenvalue weighted by Gasteiger charge is 2.13. The summed E-state index contributed by atoms with van der Waals surface area (Å²) in [7, 11) is 1.91. The Kier molecular flexibility index (Phi) is 5.09. The minimum atomic E-state index is -0.743. The molecule has 0 aliphatic heterocycles. The Balaban J connectivity index is 2.49. The highest BCUT2D eigenvalue weighted by molar-refractivity contribution is 5.66. The third-order valence-electron chi connectivity index (χ3n) is 2.72. The van der Waals surface area contributed by atoms with Gasteiger partial charge in [-0.25, -0.2) is 0 Å². The molecule has 0 saturated heterocycles. The van der Waals surface area contributed by atoms with E-state index >= 15 is 0 Å². The number of aromatic nitrogens is 3. The molecule has 1 rings (SSSR count). The fourth-order valence-corrected chi connectivity index (χ4v) is 1.59. The molecule has 0 aliphatic rings. The third kappa shape index (κ3) is 4.52. The smallest absolute Gasteiger partial charge is 0.303 e. The van der Waals surface area contributed by atoms with Crippen LogP contribution in [0.5, 0.6) is 0 Å². The first-order chi connectivity index (χ1) is 8.00. The predicted octanol–water partition coefficient (Wildman–Crippen LogP) is 0.890. The van der Waals surface area contributed by atoms with Crippen molar-refractivity contribution >= 4 is 5.97 Å². The molecule has 17 heavy (non-hydrogen) atoms. The fraction of sp³-hybridized carbons (Fsp3) is 0.727. The Labute approximate surface area is 101 Å². The highest BCUT2D eigenvalue weighted by atomic mass is 16.4. The van der Waals surface area contributed by atoms with Crippen LogP contribution in [0.4, 0.5) is 0 Å². The van der Waals surface area contributed by atoms with E-state index in [0.717, 1.165) is 12.4 Å². The molecule has 0 amide bonds. The molecule has 0 saturated carbocycles. The van der Waals surface area contributed by atoms with Crippen molar-refractivity contribution in [3.8, 4) is 0 Å². The number of carboxylic acids is 1. The molecule has 6 nitrogen and oxygen atoms in total. The second-order valence-electron chi connectivity index (χ2n) is 4.42. The number of aryl methyl sites for hydroxylation is 1. The summed E-state index contributed by atoms with van der Waals surface area (Å²) in [6.07, 6.45) is 2.54. The minimum Gasteiger partial charge on any atom is -0.481 e. The first-order valence-corrected chi connectivity index (χ1v) is 5.79. The van der Waals surface area contributed by atoms with Crippen molar-refractivity contribution in [3.63, 3.8) is 0 Å². The topological polar surface area (TPSA) is 71.2 Å². The molecular formula is C11H20N4O2. The molecule has 0 fully saturated rings. The monoisotopic (exact) mass is 240 g/mol. The van der Waals surface area contributed by atoms with Gasteiger partial charge in [0.2, 0.25) is 0 Å². The average Bonchev–Trinajstić information content (AvgIpc) is 2.62. The summed E-state index contributed by atoms with van der Waals surface area (Å²) in [5.74, 6) is 0.154. The molecule has 0 radical (unpaired) electrons. The lowest BCUT2D eigenvalue weighted by Crippen LogP contribution is -2.32. The lowest BCUT2D eigenvalue weighted by Gasteiger charge is -2.25. The van der Waals surface area contributed by atoms with Gasteiger partial charge in [0, 0.05) is 19.5 Å². The fourth-order valence-electron chi connectivity index (χ4n) is 1.59. The van der Waals surface area contributed by atoms with E-state index in [2.05, 4.69) is 28.9 Å². The number of carbonyl (C=O) groups is 1. The van der Waals surface area contributed by atoms with E-state index in [4.69, 9.17) is 5.11 Å². The maximum Gasteiger partial charge on any atom is 0.303 e. The average molecular weight is 240 g/mol. The summed E-state index contributed by atoms with van der Waals surface area (Å²) in [5, 5.41) is 16.5. The first-order valence-electron chi connectivity index (χ1n) is 5.79. The molecule has 0 spiro atoms. The Morgan fingerprint density at radius 3 is 2.76 bits per heavy atom. The largest absolute Gasteiger partial charge is 0.481 e. The normalized spacial score (nSPS) is 11.4. The van der Waals surface area contributed by atoms with Crippen molar-refractivity contribution in [1.29, 1.82) is 0 Å². The van der Waals surface area contributed by atoms with Gasteiger partial charge < -0.3 is 9.67 Å². The molecule has 1 heterocycles. The van der Waals surface area contributed by atoms with Crippen LogP contribution in [0.2, 0.25) is 0 Å². The van der Waals surface area contributed by atoms with Crippen LogP contribution >= 0.6 is 0 Å². The molecule has 1 aromatic heterocycles. The molecule has 0 aliphatic carbocycles. The lowest BCUT2D eigenvalue weighted by molar-refractivity contribution is -0.137. The summed E-state index contributed by atoms with van der Waals surface area (Å²) in [5.41, 5.74) is 0. The molecule has 0 aromatic carbocycles. The van der Waals surface area contributed by atoms with Gasteiger partial charge in [-0.05, 0) is 26.8 Å². The maximum atomic E-state index is 10.5. The van der Waals surface area contributed by atoms with Crippen LogP contribution < -0.4 is 0 Å². The van der Waals surface area contributed by atoms with Crippen LogP contribution in [0, 0.1) is 0 Å². The van der Waals surface area contributed by atoms with E-state index < -0.39 is 5.97 Å². The van der Waals surface area contributed by atoms with Crippen LogP contribution in [0.15, 0.2) is 6.33 Å². The van der Waals surface area contributed by atoms with Crippen molar-refractivity contribution in [1.82, 2.24) is 19.7 Å². The van der Waals surface area contributed by atoms with Crippen LogP contribution in [0.3, 0.4) is 0 Å². The van der Waals surface area contributed by atoms with E-state index in [1.165, 1.54) is 0 Å². The van der Waals surface area contributed by atoms with Crippen LogP contribution in [0.1, 0.15) is 32.5 Å². The van der Waals surface area contributed by atoms with Crippen molar-refractivity contribution in [3.05, 3.63) is 12.2 Å². The van der Waals surface area contributed by atoms with Gasteiger partial charge >= 0.3 is 5.97 Å². The van der Waals surface area contributed by atoms with E-state index in [1.54, 1.807) is 6.33 Å². The SMILES string of the molecule is CC(C)N(CCCC(=O)O)Cc1nncn1C. The number of nitrogens with zero attached hydrogens (tertiary/aromatic N) is 4. The predicted molar refractivity (Wildman–Crippen MR) is 63.4 cm³/mol. The van der Waals surface area contributed by atoms with E-state index in [9.17, 15) is 4.79 Å². The molecule has 1 N–H and O–H groups in total. The van der Waals surface area contributed by atoms with Gasteiger partial charge in [-0.1, -0.05) is 0 Å². The van der Waals surface area contributed by atoms with Gasteiger partial charge in [-0.3, -0.25) is 9.69 Å². The summed E-state index contributed by atoms with van der Waals surface area (Å²) in [4.78, 5) is 12.7. The lowest BCUT2D eigenvalue weighted by atomic mass is 10.2. The second-order valence-corrected chi connectivity index (χ2v) is 4.42. The molecule has 6 heteroatoms. The second kappa shape index (κ2) is 6.34. The molecule has 0 bridgehead atoms. The van der Waals surface area contributed by atoms with Gasteiger partial charge in [-0.2, -0.15) is 0 Å². The molecule has 0 atom stereocenters. The number of hydrogen-bond acceptors (Lipinski definition) is 4. The Morgan fingerprint density at radius 1 is 1.59 bits per heavy atom. The summed E-state index contributed by atoms with van der Waals surface area (Å²) >= 11 is 0. The van der Waals surface area contributed by atoms with Gasteiger partial charge in [0.15, 0.2) is 0 Å². The Hall–Kier alpha value is -1.43. The van der Waals surface area contributed by atoms with Gasteiger partial charge in [0.05, 0.1) is 6.54 Å². The van der Waals surface area contributed by atoms with Crippen molar-refractivity contribution in [2.75, 3.05) is 6.54 Å². The summed E-state index contributed by atoms with van der Waals surface area (Å²) < 4.78 is 1.88. The van der Waals surface area contributed by atoms with Crippen LogP contribution in [0.25, 0.3) is 0 Å². The number of hydrogen-bond donors (Lipinski definition) is 1. The van der Waals surface area contributed by atoms with Gasteiger partial charge in [-0.15, -0.1) is 10.2 Å². The van der Waals surface area contributed by atoms with Gasteiger partial charge in [0.25, 0.3) is 0 Å². The minimum absolute atomic E-state index is 0.210. The number of rotatable bonds is 7. The van der Waals surface area contributed by atoms with E-state index in [0.29, 0.717) is 19.0 Å². The quantitative estimate of drug-likeness (QED) is 0.766. The van der Waals surface area contributed by atoms with Crippen LogP contribution in [-0.4, -0.2) is 43.3 Å². The Bertz CT molecular complexity index is 362. The number of carboxylic acid groups (broad SMARTS) is 1. The molecule has 96 valence electrons. The summed E-state index contributed by atoms with van der Waals surface area (Å²) in [6, 6.07) is 0.362. The van der Waals surface area contributed by atoms with Crippen molar-refractivity contribution in [2.45, 2.75) is 39.3 Å². The zero-order chi connectivity index (χ0) is 12.8. The summed E-state index contributed by atoms with van der Waals surface area (Å²) in [6.45, 7) is 5.65. The van der Waals surface area contributed by atoms with E-state index in [1.807, 2.05) is 11.6 Å². The molecule has 1 aromatic rings. The molecule has 0 unspecified atom stereocenters. The van der Waals surface area contributed by atoms with Crippen molar-refractivity contribution in [2.24, 2.45) is 7.05 Å². The first kappa shape index (κ1) is 13.6. The zero-order valence-corrected chi connectivity index (χ0v) is 10.6. The number of aliphatic carboxylic acids is 1. The van der Waals surface area contributed by atoms with Gasteiger partial charge in [0.1, 0.15) is 12.2 Å². The third-order valence-corrected chi connectivity index (χ3v) is 2.72. The van der Waals surface area contributed by atoms with Crippen LogP contribution in [-0.2, 0) is 18.4 Å². The zero-order valence-electron chi connectivity index (χ0n) is 10.6.